The topological polar surface area (TPSA) is 14.8 Å². The molecule has 3 aromatic rings. The van der Waals surface area contributed by atoms with Gasteiger partial charge < -0.3 is 0 Å². The van der Waals surface area contributed by atoms with E-state index in [0.717, 1.165) is 0 Å². The van der Waals surface area contributed by atoms with E-state index in [9.17, 15) is 0 Å². The standard InChI is InChI=1S/C12H12N3P.Rh/c1-2-8-13(7-1)16(14-9-3-4-10-14)15-11-5-6-12-15;/h1-12H;/p+1. The molecular weight excluding hydrogens is 320 g/mol. The van der Waals surface area contributed by atoms with Gasteiger partial charge in [0.1, 0.15) is 0 Å². The van der Waals surface area contributed by atoms with Crippen LogP contribution in [-0.2, 0) is 19.5 Å². The maximum atomic E-state index is 2.27. The fraction of sp³-hybridized carbons (Fsp3) is 0. The molecule has 0 amide bonds. The average molecular weight is 333 g/mol. The molecule has 0 aliphatic heterocycles. The molecule has 5 heteroatoms. The van der Waals surface area contributed by atoms with E-state index in [1.165, 1.54) is 0 Å². The quantitative estimate of drug-likeness (QED) is 0.517. The van der Waals surface area contributed by atoms with Crippen molar-refractivity contribution in [3.63, 3.8) is 0 Å². The summed E-state index contributed by atoms with van der Waals surface area (Å²) in [6.07, 6.45) is 12.7. The summed E-state index contributed by atoms with van der Waals surface area (Å²) in [7, 11) is -0.998. The average Bonchev–Trinajstić information content (AvgIpc) is 3.02. The van der Waals surface area contributed by atoms with Crippen molar-refractivity contribution in [3.05, 3.63) is 73.6 Å². The Labute approximate surface area is 114 Å². The molecule has 3 heterocycles. The summed E-state index contributed by atoms with van der Waals surface area (Å²) in [4.78, 5) is 0. The minimum atomic E-state index is -0.998. The Morgan fingerprint density at radius 1 is 0.471 bits per heavy atom. The van der Waals surface area contributed by atoms with Crippen molar-refractivity contribution in [1.29, 1.82) is 0 Å². The Hall–Kier alpha value is -1.11. The molecule has 0 saturated heterocycles. The van der Waals surface area contributed by atoms with Crippen molar-refractivity contribution in [3.8, 4) is 0 Å². The zero-order chi connectivity index (χ0) is 10.8. The van der Waals surface area contributed by atoms with Gasteiger partial charge in [0.25, 0.3) is 8.37 Å². The van der Waals surface area contributed by atoms with Gasteiger partial charge in [-0.2, -0.15) is 13.0 Å². The maximum absolute atomic E-state index is 2.27. The van der Waals surface area contributed by atoms with E-state index in [1.54, 1.807) is 0 Å². The number of hydrogen-bond donors (Lipinski definition) is 0. The third-order valence-corrected chi connectivity index (χ3v) is 4.79. The Bertz CT molecular complexity index is 447. The fourth-order valence-electron chi connectivity index (χ4n) is 1.80. The van der Waals surface area contributed by atoms with Crippen LogP contribution in [0.2, 0.25) is 0 Å². The molecule has 0 aliphatic carbocycles. The molecular formula is C12H13N3PRh+. The van der Waals surface area contributed by atoms with Crippen LogP contribution in [0.25, 0.3) is 0 Å². The van der Waals surface area contributed by atoms with Crippen LogP contribution < -0.4 is 0 Å². The maximum Gasteiger partial charge on any atom is 0.293 e. The molecule has 0 atom stereocenters. The third kappa shape index (κ3) is 2.43. The summed E-state index contributed by atoms with van der Waals surface area (Å²) < 4.78 is 6.81. The number of rotatable bonds is 3. The monoisotopic (exact) mass is 333 g/mol. The Kier molecular flexibility index (Phi) is 3.99. The zero-order valence-electron chi connectivity index (χ0n) is 9.10. The van der Waals surface area contributed by atoms with Crippen LogP contribution in [0.1, 0.15) is 0 Å². The van der Waals surface area contributed by atoms with Crippen molar-refractivity contribution in [2.45, 2.75) is 0 Å². The largest absolute Gasteiger partial charge is 0.293 e. The van der Waals surface area contributed by atoms with Crippen molar-refractivity contribution < 1.29 is 19.5 Å². The smallest absolute Gasteiger partial charge is 0.193 e. The first kappa shape index (κ1) is 12.4. The van der Waals surface area contributed by atoms with E-state index in [-0.39, 0.29) is 19.5 Å². The Morgan fingerprint density at radius 3 is 0.941 bits per heavy atom. The van der Waals surface area contributed by atoms with E-state index in [4.69, 9.17) is 0 Å². The van der Waals surface area contributed by atoms with Gasteiger partial charge in [-0.25, -0.2) is 0 Å². The van der Waals surface area contributed by atoms with Gasteiger partial charge >= 0.3 is 0 Å². The molecule has 0 bridgehead atoms. The molecule has 0 N–H and O–H groups in total. The summed E-state index contributed by atoms with van der Waals surface area (Å²) in [6, 6.07) is 12.4. The zero-order valence-corrected chi connectivity index (χ0v) is 11.7. The van der Waals surface area contributed by atoms with Gasteiger partial charge in [-0.15, -0.1) is 0 Å². The predicted molar refractivity (Wildman–Crippen MR) is 67.8 cm³/mol. The van der Waals surface area contributed by atoms with Gasteiger partial charge in [0, 0.05) is 56.7 Å². The molecule has 3 rings (SSSR count). The SMILES string of the molecule is [Rh].c1ccn([PH+](n2cccc2)n2cccc2)c1. The van der Waals surface area contributed by atoms with Crippen molar-refractivity contribution in [2.24, 2.45) is 0 Å². The van der Waals surface area contributed by atoms with Gasteiger partial charge in [0.15, 0.2) is 0 Å². The molecule has 0 saturated carbocycles. The molecule has 0 fully saturated rings. The Morgan fingerprint density at radius 2 is 0.706 bits per heavy atom. The molecule has 0 spiro atoms. The van der Waals surface area contributed by atoms with Gasteiger partial charge in [-0.1, -0.05) is 0 Å². The predicted octanol–water partition coefficient (Wildman–Crippen LogP) is 2.99. The van der Waals surface area contributed by atoms with Crippen LogP contribution in [0.15, 0.2) is 73.6 Å². The van der Waals surface area contributed by atoms with E-state index < -0.39 is 8.37 Å². The first-order chi connectivity index (χ1) is 7.95. The van der Waals surface area contributed by atoms with Gasteiger partial charge in [-0.3, -0.25) is 0 Å². The van der Waals surface area contributed by atoms with Crippen LogP contribution in [0.5, 0.6) is 0 Å². The molecule has 3 aromatic heterocycles. The molecule has 0 aliphatic rings. The minimum Gasteiger partial charge on any atom is -0.193 e. The fourth-order valence-corrected chi connectivity index (χ4v) is 3.92. The second kappa shape index (κ2) is 5.49. The first-order valence-corrected chi connectivity index (χ1v) is 6.56. The van der Waals surface area contributed by atoms with E-state index in [2.05, 4.69) is 86.6 Å². The van der Waals surface area contributed by atoms with Gasteiger partial charge in [0.05, 0.1) is 0 Å². The van der Waals surface area contributed by atoms with Crippen LogP contribution in [0, 0.1) is 0 Å². The summed E-state index contributed by atoms with van der Waals surface area (Å²) in [5, 5.41) is 0. The van der Waals surface area contributed by atoms with Crippen molar-refractivity contribution in [1.82, 2.24) is 13.0 Å². The minimum absolute atomic E-state index is 0. The molecule has 0 unspecified atom stereocenters. The Balaban J connectivity index is 0.00000108. The van der Waals surface area contributed by atoms with Gasteiger partial charge in [0.2, 0.25) is 0 Å². The normalized spacial score (nSPS) is 10.4. The summed E-state index contributed by atoms with van der Waals surface area (Å²) in [5.74, 6) is 0. The van der Waals surface area contributed by atoms with Crippen LogP contribution in [0.4, 0.5) is 0 Å². The first-order valence-electron chi connectivity index (χ1n) is 5.22. The number of aromatic nitrogens is 3. The summed E-state index contributed by atoms with van der Waals surface area (Å²) in [6.45, 7) is 0. The van der Waals surface area contributed by atoms with Crippen molar-refractivity contribution in [2.75, 3.05) is 0 Å². The third-order valence-electron chi connectivity index (χ3n) is 2.51. The van der Waals surface area contributed by atoms with E-state index in [0.29, 0.717) is 0 Å². The molecule has 3 nitrogen and oxygen atoms in total. The van der Waals surface area contributed by atoms with Gasteiger partial charge in [-0.05, 0) is 36.4 Å². The molecule has 89 valence electrons. The van der Waals surface area contributed by atoms with Crippen LogP contribution in [-0.4, -0.2) is 13.0 Å². The number of nitrogens with zero attached hydrogens (tertiary/aromatic N) is 3. The second-order valence-electron chi connectivity index (χ2n) is 3.57. The second-order valence-corrected chi connectivity index (χ2v) is 5.72. The summed E-state index contributed by atoms with van der Waals surface area (Å²) in [5.41, 5.74) is 0. The van der Waals surface area contributed by atoms with E-state index >= 15 is 0 Å². The van der Waals surface area contributed by atoms with E-state index in [1.807, 2.05) is 0 Å². The number of hydrogen-bond acceptors (Lipinski definition) is 0. The van der Waals surface area contributed by atoms with Crippen LogP contribution in [0.3, 0.4) is 0 Å². The molecule has 1 radical (unpaired) electrons. The van der Waals surface area contributed by atoms with Crippen LogP contribution >= 0.6 is 8.37 Å². The summed E-state index contributed by atoms with van der Waals surface area (Å²) >= 11 is 0. The molecule has 17 heavy (non-hydrogen) atoms. The van der Waals surface area contributed by atoms with Crippen molar-refractivity contribution >= 4 is 8.37 Å². The molecule has 0 aromatic carbocycles.